The second-order valence-electron chi connectivity index (χ2n) is 4.34. The molecule has 0 aliphatic carbocycles. The van der Waals surface area contributed by atoms with E-state index in [1.165, 1.54) is 0 Å². The van der Waals surface area contributed by atoms with E-state index in [2.05, 4.69) is 26.0 Å². The van der Waals surface area contributed by atoms with E-state index in [9.17, 15) is 17.2 Å². The maximum atomic E-state index is 13.5. The number of benzene rings is 1. The standard InChI is InChI=1S/C11H13BrF2N2O2S/c12-8-5-11(10(14)6-9(8)13)16-19(17,18)7-1-3-15-4-2-7/h5-7,15-16H,1-4H2. The number of hydrogen-bond acceptors (Lipinski definition) is 3. The van der Waals surface area contributed by atoms with Gasteiger partial charge in [-0.1, -0.05) is 0 Å². The van der Waals surface area contributed by atoms with Gasteiger partial charge in [0.15, 0.2) is 0 Å². The van der Waals surface area contributed by atoms with Gasteiger partial charge in [0, 0.05) is 6.07 Å². The molecule has 0 bridgehead atoms. The van der Waals surface area contributed by atoms with Crippen LogP contribution in [0.5, 0.6) is 0 Å². The molecule has 0 radical (unpaired) electrons. The molecule has 1 aliphatic rings. The summed E-state index contributed by atoms with van der Waals surface area (Å²) in [6.45, 7) is 1.22. The van der Waals surface area contributed by atoms with Gasteiger partial charge in [-0.25, -0.2) is 17.2 Å². The predicted molar refractivity (Wildman–Crippen MR) is 72.5 cm³/mol. The molecule has 2 rings (SSSR count). The number of anilines is 1. The molecule has 0 amide bonds. The van der Waals surface area contributed by atoms with E-state index < -0.39 is 26.9 Å². The summed E-state index contributed by atoms with van der Waals surface area (Å²) >= 11 is 2.90. The summed E-state index contributed by atoms with van der Waals surface area (Å²) in [5.41, 5.74) is -0.244. The molecule has 1 aliphatic heterocycles. The summed E-state index contributed by atoms with van der Waals surface area (Å²) in [7, 11) is -3.66. The largest absolute Gasteiger partial charge is 0.317 e. The Morgan fingerprint density at radius 2 is 1.84 bits per heavy atom. The Bertz CT molecular complexity index is 574. The minimum Gasteiger partial charge on any atom is -0.317 e. The Labute approximate surface area is 118 Å². The van der Waals surface area contributed by atoms with Gasteiger partial charge in [-0.15, -0.1) is 0 Å². The highest BCUT2D eigenvalue weighted by Crippen LogP contribution is 2.26. The van der Waals surface area contributed by atoms with Gasteiger partial charge in [-0.3, -0.25) is 4.72 Å². The zero-order chi connectivity index (χ0) is 14.0. The van der Waals surface area contributed by atoms with Gasteiger partial charge in [0.2, 0.25) is 10.0 Å². The zero-order valence-corrected chi connectivity index (χ0v) is 12.3. The van der Waals surface area contributed by atoms with Gasteiger partial charge in [-0.2, -0.15) is 0 Å². The summed E-state index contributed by atoms with van der Waals surface area (Å²) in [6.07, 6.45) is 0.943. The minimum atomic E-state index is -3.66. The van der Waals surface area contributed by atoms with Gasteiger partial charge in [0.05, 0.1) is 15.4 Å². The third kappa shape index (κ3) is 3.43. The van der Waals surface area contributed by atoms with E-state index in [-0.39, 0.29) is 10.2 Å². The molecule has 1 fully saturated rings. The second-order valence-corrected chi connectivity index (χ2v) is 7.16. The van der Waals surface area contributed by atoms with E-state index >= 15 is 0 Å². The van der Waals surface area contributed by atoms with Crippen LogP contribution in [-0.2, 0) is 10.0 Å². The molecule has 1 aromatic carbocycles. The maximum Gasteiger partial charge on any atom is 0.235 e. The molecule has 0 saturated carbocycles. The van der Waals surface area contributed by atoms with Crippen LogP contribution in [-0.4, -0.2) is 26.8 Å². The highest BCUT2D eigenvalue weighted by atomic mass is 79.9. The van der Waals surface area contributed by atoms with Gasteiger partial charge < -0.3 is 5.32 Å². The average Bonchev–Trinajstić information content (AvgIpc) is 2.37. The third-order valence-electron chi connectivity index (χ3n) is 2.99. The molecule has 0 atom stereocenters. The lowest BCUT2D eigenvalue weighted by atomic mass is 10.2. The highest BCUT2D eigenvalue weighted by Gasteiger charge is 2.28. The van der Waals surface area contributed by atoms with Gasteiger partial charge in [0.25, 0.3) is 0 Å². The molecule has 1 heterocycles. The lowest BCUT2D eigenvalue weighted by Gasteiger charge is -2.23. The monoisotopic (exact) mass is 354 g/mol. The molecule has 2 N–H and O–H groups in total. The lowest BCUT2D eigenvalue weighted by Crippen LogP contribution is -2.38. The second kappa shape index (κ2) is 5.72. The van der Waals surface area contributed by atoms with Crippen molar-refractivity contribution in [2.24, 2.45) is 0 Å². The molecular weight excluding hydrogens is 342 g/mol. The van der Waals surface area contributed by atoms with Crippen LogP contribution in [0.25, 0.3) is 0 Å². The lowest BCUT2D eigenvalue weighted by molar-refractivity contribution is 0.498. The molecule has 1 aromatic rings. The topological polar surface area (TPSA) is 58.2 Å². The Hall–Kier alpha value is -0.730. The fourth-order valence-electron chi connectivity index (χ4n) is 1.94. The first-order chi connectivity index (χ1) is 8.90. The van der Waals surface area contributed by atoms with Crippen LogP contribution in [0.15, 0.2) is 16.6 Å². The summed E-state index contributed by atoms with van der Waals surface area (Å²) < 4.78 is 53.0. The number of sulfonamides is 1. The maximum absolute atomic E-state index is 13.5. The van der Waals surface area contributed by atoms with E-state index in [1.54, 1.807) is 0 Å². The van der Waals surface area contributed by atoms with Crippen LogP contribution in [0.1, 0.15) is 12.8 Å². The molecule has 1 saturated heterocycles. The van der Waals surface area contributed by atoms with Crippen molar-refractivity contribution < 1.29 is 17.2 Å². The summed E-state index contributed by atoms with van der Waals surface area (Å²) in [6, 6.07) is 1.73. The molecule has 4 nitrogen and oxygen atoms in total. The molecule has 0 spiro atoms. The van der Waals surface area contributed by atoms with Crippen molar-refractivity contribution in [3.63, 3.8) is 0 Å². The number of hydrogen-bond donors (Lipinski definition) is 2. The highest BCUT2D eigenvalue weighted by molar-refractivity contribution is 9.10. The van der Waals surface area contributed by atoms with Crippen molar-refractivity contribution in [1.82, 2.24) is 5.32 Å². The minimum absolute atomic E-state index is 0.0110. The van der Waals surface area contributed by atoms with Crippen LogP contribution in [0.2, 0.25) is 0 Å². The normalized spacial score (nSPS) is 17.4. The molecular formula is C11H13BrF2N2O2S. The van der Waals surface area contributed by atoms with Crippen molar-refractivity contribution in [3.05, 3.63) is 28.2 Å². The van der Waals surface area contributed by atoms with Crippen LogP contribution < -0.4 is 10.0 Å². The van der Waals surface area contributed by atoms with Crippen molar-refractivity contribution in [2.45, 2.75) is 18.1 Å². The van der Waals surface area contributed by atoms with Crippen LogP contribution in [0.4, 0.5) is 14.5 Å². The first kappa shape index (κ1) is 14.7. The number of rotatable bonds is 3. The molecule has 106 valence electrons. The van der Waals surface area contributed by atoms with E-state index in [1.807, 2.05) is 0 Å². The molecule has 0 aromatic heterocycles. The average molecular weight is 355 g/mol. The predicted octanol–water partition coefficient (Wildman–Crippen LogP) is 2.22. The van der Waals surface area contributed by atoms with Crippen molar-refractivity contribution in [3.8, 4) is 0 Å². The Morgan fingerprint density at radius 1 is 1.21 bits per heavy atom. The molecule has 19 heavy (non-hydrogen) atoms. The van der Waals surface area contributed by atoms with Crippen LogP contribution >= 0.6 is 15.9 Å². The Balaban J connectivity index is 2.22. The van der Waals surface area contributed by atoms with Crippen LogP contribution in [0.3, 0.4) is 0 Å². The van der Waals surface area contributed by atoms with Gasteiger partial charge >= 0.3 is 0 Å². The SMILES string of the molecule is O=S(=O)(Nc1cc(Br)c(F)cc1F)C1CCNCC1. The van der Waals surface area contributed by atoms with Crippen LogP contribution in [0, 0.1) is 11.6 Å². The van der Waals surface area contributed by atoms with Crippen molar-refractivity contribution >= 4 is 31.6 Å². The fraction of sp³-hybridized carbons (Fsp3) is 0.455. The quantitative estimate of drug-likeness (QED) is 0.818. The fourth-order valence-corrected chi connectivity index (χ4v) is 3.77. The van der Waals surface area contributed by atoms with E-state index in [4.69, 9.17) is 0 Å². The summed E-state index contributed by atoms with van der Waals surface area (Å²) in [5.74, 6) is -1.71. The summed E-state index contributed by atoms with van der Waals surface area (Å²) in [4.78, 5) is 0. The Kier molecular flexibility index (Phi) is 4.42. The Morgan fingerprint density at radius 3 is 2.47 bits per heavy atom. The van der Waals surface area contributed by atoms with Crippen molar-refractivity contribution in [2.75, 3.05) is 17.8 Å². The van der Waals surface area contributed by atoms with Crippen molar-refractivity contribution in [1.29, 1.82) is 0 Å². The van der Waals surface area contributed by atoms with E-state index in [0.717, 1.165) is 6.07 Å². The number of halogens is 3. The number of piperidine rings is 1. The van der Waals surface area contributed by atoms with E-state index in [0.29, 0.717) is 32.0 Å². The number of nitrogens with one attached hydrogen (secondary N) is 2. The first-order valence-electron chi connectivity index (χ1n) is 5.77. The molecule has 8 heteroatoms. The summed E-state index contributed by atoms with van der Waals surface area (Å²) in [5, 5.41) is 2.50. The third-order valence-corrected chi connectivity index (χ3v) is 5.45. The van der Waals surface area contributed by atoms with Gasteiger partial charge in [-0.05, 0) is 47.9 Å². The smallest absolute Gasteiger partial charge is 0.235 e. The van der Waals surface area contributed by atoms with Gasteiger partial charge in [0.1, 0.15) is 11.6 Å². The zero-order valence-electron chi connectivity index (χ0n) is 9.92. The molecule has 0 unspecified atom stereocenters. The first-order valence-corrected chi connectivity index (χ1v) is 8.11.